The van der Waals surface area contributed by atoms with E-state index in [9.17, 15) is 17.6 Å². The molecule has 2 nitrogen and oxygen atoms in total. The lowest BCUT2D eigenvalue weighted by Gasteiger charge is -2.19. The van der Waals surface area contributed by atoms with Gasteiger partial charge in [0, 0.05) is 6.54 Å². The van der Waals surface area contributed by atoms with Crippen LogP contribution < -0.4 is 10.5 Å². The van der Waals surface area contributed by atoms with Gasteiger partial charge in [-0.3, -0.25) is 0 Å². The van der Waals surface area contributed by atoms with Crippen LogP contribution in [0.15, 0.2) is 18.2 Å². The van der Waals surface area contributed by atoms with Gasteiger partial charge in [0.1, 0.15) is 0 Å². The highest BCUT2D eigenvalue weighted by Crippen LogP contribution is 2.35. The number of ether oxygens (including phenoxy) is 1. The molecule has 1 atom stereocenters. The number of hydrogen-bond donors (Lipinski definition) is 1. The maximum Gasteiger partial charge on any atom is 0.396 e. The lowest BCUT2D eigenvalue weighted by molar-refractivity contribution is -0.148. The number of alkyl halides is 3. The Balaban J connectivity index is 3.12. The molecular weight excluding hydrogens is 226 g/mol. The summed E-state index contributed by atoms with van der Waals surface area (Å²) >= 11 is 0. The molecule has 1 aromatic rings. The van der Waals surface area contributed by atoms with E-state index < -0.39 is 24.5 Å². The van der Waals surface area contributed by atoms with Gasteiger partial charge in [-0.2, -0.15) is 13.2 Å². The summed E-state index contributed by atoms with van der Waals surface area (Å²) in [5, 5.41) is 0. The summed E-state index contributed by atoms with van der Waals surface area (Å²) in [5.41, 5.74) is 4.96. The van der Waals surface area contributed by atoms with Crippen LogP contribution in [0.3, 0.4) is 0 Å². The lowest BCUT2D eigenvalue weighted by Crippen LogP contribution is -2.28. The summed E-state index contributed by atoms with van der Waals surface area (Å²) in [5.74, 6) is -2.73. The van der Waals surface area contributed by atoms with Gasteiger partial charge in [-0.05, 0) is 17.7 Å². The molecule has 0 amide bonds. The van der Waals surface area contributed by atoms with Crippen LogP contribution in [-0.4, -0.2) is 19.8 Å². The van der Waals surface area contributed by atoms with E-state index in [-0.39, 0.29) is 11.3 Å². The van der Waals surface area contributed by atoms with Gasteiger partial charge in [0.15, 0.2) is 11.6 Å². The Bertz CT molecular complexity index is 364. The predicted octanol–water partition coefficient (Wildman–Crippen LogP) is 2.44. The van der Waals surface area contributed by atoms with Crippen molar-refractivity contribution in [2.45, 2.75) is 12.1 Å². The monoisotopic (exact) mass is 237 g/mol. The van der Waals surface area contributed by atoms with Crippen LogP contribution in [0, 0.1) is 5.82 Å². The third-order valence-corrected chi connectivity index (χ3v) is 2.21. The molecule has 0 heterocycles. The number of rotatable bonds is 3. The maximum absolute atomic E-state index is 13.0. The molecule has 2 N–H and O–H groups in total. The molecule has 0 aliphatic heterocycles. The molecule has 0 bridgehead atoms. The third-order valence-electron chi connectivity index (χ3n) is 2.21. The van der Waals surface area contributed by atoms with Gasteiger partial charge in [-0.1, -0.05) is 6.07 Å². The zero-order valence-corrected chi connectivity index (χ0v) is 8.51. The first-order valence-corrected chi connectivity index (χ1v) is 4.50. The molecule has 0 saturated carbocycles. The SMILES string of the molecule is COc1cc(C(CN)C(F)(F)F)ccc1F. The Morgan fingerprint density at radius 3 is 2.44 bits per heavy atom. The van der Waals surface area contributed by atoms with Crippen molar-refractivity contribution in [2.24, 2.45) is 5.73 Å². The van der Waals surface area contributed by atoms with E-state index in [0.29, 0.717) is 0 Å². The van der Waals surface area contributed by atoms with Crippen molar-refractivity contribution in [2.75, 3.05) is 13.7 Å². The van der Waals surface area contributed by atoms with E-state index in [1.54, 1.807) is 0 Å². The van der Waals surface area contributed by atoms with Crippen LogP contribution in [0.2, 0.25) is 0 Å². The minimum atomic E-state index is -4.45. The summed E-state index contributed by atoms with van der Waals surface area (Å²) in [6.07, 6.45) is -4.45. The van der Waals surface area contributed by atoms with Crippen molar-refractivity contribution in [3.63, 3.8) is 0 Å². The number of methoxy groups -OCH3 is 1. The van der Waals surface area contributed by atoms with E-state index >= 15 is 0 Å². The van der Waals surface area contributed by atoms with Gasteiger partial charge >= 0.3 is 6.18 Å². The molecule has 1 unspecified atom stereocenters. The predicted molar refractivity (Wildman–Crippen MR) is 50.8 cm³/mol. The first kappa shape index (κ1) is 12.8. The highest BCUT2D eigenvalue weighted by atomic mass is 19.4. The molecule has 0 fully saturated rings. The average Bonchev–Trinajstić information content (AvgIpc) is 2.19. The topological polar surface area (TPSA) is 35.2 Å². The summed E-state index contributed by atoms with van der Waals surface area (Å²) in [6.45, 7) is -0.585. The minimum absolute atomic E-state index is 0.103. The van der Waals surface area contributed by atoms with Crippen molar-refractivity contribution >= 4 is 0 Å². The highest BCUT2D eigenvalue weighted by Gasteiger charge is 2.39. The fraction of sp³-hybridized carbons (Fsp3) is 0.400. The van der Waals surface area contributed by atoms with Crippen LogP contribution >= 0.6 is 0 Å². The van der Waals surface area contributed by atoms with E-state index in [4.69, 9.17) is 5.73 Å². The van der Waals surface area contributed by atoms with Crippen LogP contribution in [0.1, 0.15) is 11.5 Å². The molecule has 6 heteroatoms. The van der Waals surface area contributed by atoms with Crippen molar-refractivity contribution in [3.05, 3.63) is 29.6 Å². The Morgan fingerprint density at radius 1 is 1.38 bits per heavy atom. The molecule has 1 rings (SSSR count). The van der Waals surface area contributed by atoms with E-state index in [1.165, 1.54) is 7.11 Å². The van der Waals surface area contributed by atoms with Gasteiger partial charge in [-0.15, -0.1) is 0 Å². The number of nitrogens with two attached hydrogens (primary N) is 1. The molecule has 0 aliphatic rings. The van der Waals surface area contributed by atoms with Gasteiger partial charge in [0.05, 0.1) is 13.0 Å². The zero-order chi connectivity index (χ0) is 12.3. The van der Waals surface area contributed by atoms with Crippen molar-refractivity contribution in [1.82, 2.24) is 0 Å². The largest absolute Gasteiger partial charge is 0.494 e. The van der Waals surface area contributed by atoms with Gasteiger partial charge in [0.25, 0.3) is 0 Å². The normalized spacial score (nSPS) is 13.6. The van der Waals surface area contributed by atoms with Crippen molar-refractivity contribution in [1.29, 1.82) is 0 Å². The average molecular weight is 237 g/mol. The zero-order valence-electron chi connectivity index (χ0n) is 8.51. The van der Waals surface area contributed by atoms with E-state index in [1.807, 2.05) is 0 Å². The summed E-state index contributed by atoms with van der Waals surface area (Å²) in [6, 6.07) is 3.01. The standard InChI is InChI=1S/C10H11F4NO/c1-16-9-4-6(2-3-8(9)11)7(5-15)10(12,13)14/h2-4,7H,5,15H2,1H3. The molecule has 0 spiro atoms. The summed E-state index contributed by atoms with van der Waals surface area (Å²) in [7, 11) is 1.19. The second kappa shape index (κ2) is 4.69. The van der Waals surface area contributed by atoms with Crippen LogP contribution in [0.5, 0.6) is 5.75 Å². The molecule has 1 aromatic carbocycles. The van der Waals surface area contributed by atoms with Gasteiger partial charge in [-0.25, -0.2) is 4.39 Å². The third kappa shape index (κ3) is 2.63. The molecule has 90 valence electrons. The Kier molecular flexibility index (Phi) is 3.74. The second-order valence-corrected chi connectivity index (χ2v) is 3.22. The number of halogens is 4. The Morgan fingerprint density at radius 2 is 2.00 bits per heavy atom. The Hall–Kier alpha value is -1.30. The maximum atomic E-state index is 13.0. The lowest BCUT2D eigenvalue weighted by atomic mass is 9.98. The van der Waals surface area contributed by atoms with Crippen molar-refractivity contribution < 1.29 is 22.3 Å². The fourth-order valence-corrected chi connectivity index (χ4v) is 1.35. The summed E-state index contributed by atoms with van der Waals surface area (Å²) < 4.78 is 55.2. The van der Waals surface area contributed by atoms with E-state index in [0.717, 1.165) is 18.2 Å². The van der Waals surface area contributed by atoms with Crippen LogP contribution in [-0.2, 0) is 0 Å². The minimum Gasteiger partial charge on any atom is -0.494 e. The quantitative estimate of drug-likeness (QED) is 0.819. The number of benzene rings is 1. The molecule has 16 heavy (non-hydrogen) atoms. The Labute approximate surface area is 90.0 Å². The fourth-order valence-electron chi connectivity index (χ4n) is 1.35. The molecule has 0 saturated heterocycles. The molecule has 0 radical (unpaired) electrons. The first-order chi connectivity index (χ1) is 7.40. The van der Waals surface area contributed by atoms with Crippen LogP contribution in [0.25, 0.3) is 0 Å². The first-order valence-electron chi connectivity index (χ1n) is 4.50. The summed E-state index contributed by atoms with van der Waals surface area (Å²) in [4.78, 5) is 0. The van der Waals surface area contributed by atoms with Gasteiger partial charge in [0.2, 0.25) is 0 Å². The highest BCUT2D eigenvalue weighted by molar-refractivity contribution is 5.33. The smallest absolute Gasteiger partial charge is 0.396 e. The molecule has 0 aromatic heterocycles. The van der Waals surface area contributed by atoms with Crippen molar-refractivity contribution in [3.8, 4) is 5.75 Å². The second-order valence-electron chi connectivity index (χ2n) is 3.22. The van der Waals surface area contributed by atoms with Gasteiger partial charge < -0.3 is 10.5 Å². The number of hydrogen-bond acceptors (Lipinski definition) is 2. The molecular formula is C10H11F4NO. The van der Waals surface area contributed by atoms with Crippen LogP contribution in [0.4, 0.5) is 17.6 Å². The van der Waals surface area contributed by atoms with E-state index in [2.05, 4.69) is 4.74 Å². The molecule has 0 aliphatic carbocycles.